The van der Waals surface area contributed by atoms with Crippen molar-refractivity contribution in [3.05, 3.63) is 23.8 Å². The second-order valence-electron chi connectivity index (χ2n) is 4.86. The summed E-state index contributed by atoms with van der Waals surface area (Å²) in [5.74, 6) is 0. The zero-order valence-corrected chi connectivity index (χ0v) is 12.0. The molecule has 1 aliphatic heterocycles. The third-order valence-electron chi connectivity index (χ3n) is 3.37. The van der Waals surface area contributed by atoms with E-state index < -0.39 is 10.0 Å². The van der Waals surface area contributed by atoms with Crippen LogP contribution >= 0.6 is 0 Å². The number of aryl methyl sites for hydroxylation is 1. The van der Waals surface area contributed by atoms with Gasteiger partial charge in [-0.2, -0.15) is 0 Å². The van der Waals surface area contributed by atoms with E-state index in [-0.39, 0.29) is 0 Å². The highest BCUT2D eigenvalue weighted by Gasteiger charge is 2.22. The maximum Gasteiger partial charge on any atom is 0.253 e. The lowest BCUT2D eigenvalue weighted by Gasteiger charge is -2.27. The predicted molar refractivity (Wildman–Crippen MR) is 76.0 cm³/mol. The Labute approximate surface area is 114 Å². The second-order valence-corrected chi connectivity index (χ2v) is 6.49. The first-order valence-corrected chi connectivity index (χ1v) is 8.17. The highest BCUT2D eigenvalue weighted by molar-refractivity contribution is 7.89. The molecular weight excluding hydrogens is 262 g/mol. The van der Waals surface area contributed by atoms with Crippen molar-refractivity contribution in [2.75, 3.05) is 18.8 Å². The molecule has 1 fully saturated rings. The van der Waals surface area contributed by atoms with Gasteiger partial charge in [-0.25, -0.2) is 13.4 Å². The van der Waals surface area contributed by atoms with Crippen LogP contribution in [-0.4, -0.2) is 26.5 Å². The Morgan fingerprint density at radius 2 is 1.95 bits per heavy atom. The minimum atomic E-state index is -3.53. The van der Waals surface area contributed by atoms with Gasteiger partial charge in [0.2, 0.25) is 0 Å². The van der Waals surface area contributed by atoms with Crippen LogP contribution in [0.2, 0.25) is 0 Å². The molecule has 1 heterocycles. The van der Waals surface area contributed by atoms with E-state index >= 15 is 0 Å². The predicted octanol–water partition coefficient (Wildman–Crippen LogP) is 1.51. The molecule has 0 amide bonds. The van der Waals surface area contributed by atoms with Crippen molar-refractivity contribution >= 4 is 15.7 Å². The number of benzene rings is 1. The molecule has 6 heteroatoms. The molecule has 1 aromatic carbocycles. The van der Waals surface area contributed by atoms with E-state index in [1.807, 2.05) is 6.92 Å². The van der Waals surface area contributed by atoms with Gasteiger partial charge in [0.25, 0.3) is 10.0 Å². The lowest BCUT2D eigenvalue weighted by molar-refractivity contribution is 0.200. The molecule has 0 spiro atoms. The van der Waals surface area contributed by atoms with Crippen molar-refractivity contribution in [2.45, 2.75) is 37.5 Å². The van der Waals surface area contributed by atoms with Crippen molar-refractivity contribution in [3.63, 3.8) is 0 Å². The van der Waals surface area contributed by atoms with Gasteiger partial charge >= 0.3 is 0 Å². The molecule has 0 atom stereocenters. The van der Waals surface area contributed by atoms with Crippen LogP contribution in [0.3, 0.4) is 0 Å². The molecule has 3 N–H and O–H groups in total. The molecule has 0 aliphatic carbocycles. The van der Waals surface area contributed by atoms with Crippen LogP contribution in [0, 0.1) is 0 Å². The number of sulfonamides is 1. The highest BCUT2D eigenvalue weighted by atomic mass is 32.2. The number of anilines is 1. The summed E-state index contributed by atoms with van der Waals surface area (Å²) >= 11 is 0. The number of rotatable bonds is 4. The van der Waals surface area contributed by atoms with Crippen LogP contribution in [0.15, 0.2) is 23.1 Å². The fraction of sp³-hybridized carbons (Fsp3) is 0.538. The van der Waals surface area contributed by atoms with Gasteiger partial charge in [-0.15, -0.1) is 4.83 Å². The van der Waals surface area contributed by atoms with Crippen LogP contribution in [0.4, 0.5) is 5.69 Å². The number of nitrogens with two attached hydrogens (primary N) is 1. The number of nitrogen functional groups attached to an aromatic ring is 1. The Balaban J connectivity index is 2.25. The molecule has 0 unspecified atom stereocenters. The van der Waals surface area contributed by atoms with Crippen molar-refractivity contribution in [3.8, 4) is 0 Å². The van der Waals surface area contributed by atoms with E-state index in [4.69, 9.17) is 5.73 Å². The van der Waals surface area contributed by atoms with Crippen LogP contribution in [0.5, 0.6) is 0 Å². The Hall–Kier alpha value is -1.11. The molecule has 5 nitrogen and oxygen atoms in total. The minimum absolute atomic E-state index is 0.292. The molecule has 106 valence electrons. The monoisotopic (exact) mass is 283 g/mol. The summed E-state index contributed by atoms with van der Waals surface area (Å²) in [6, 6.07) is 5.05. The van der Waals surface area contributed by atoms with E-state index in [9.17, 15) is 8.42 Å². The average molecular weight is 283 g/mol. The maximum atomic E-state index is 12.4. The Morgan fingerprint density at radius 1 is 1.26 bits per heavy atom. The smallest absolute Gasteiger partial charge is 0.253 e. The van der Waals surface area contributed by atoms with E-state index in [1.165, 1.54) is 6.07 Å². The van der Waals surface area contributed by atoms with Gasteiger partial charge in [0.15, 0.2) is 0 Å². The molecule has 0 aromatic heterocycles. The molecule has 2 rings (SSSR count). The summed E-state index contributed by atoms with van der Waals surface area (Å²) in [6.07, 6.45) is 3.88. The zero-order valence-electron chi connectivity index (χ0n) is 11.2. The normalized spacial score (nSPS) is 17.5. The van der Waals surface area contributed by atoms with Gasteiger partial charge in [0.1, 0.15) is 0 Å². The Morgan fingerprint density at radius 3 is 2.58 bits per heavy atom. The van der Waals surface area contributed by atoms with E-state index in [2.05, 4.69) is 4.83 Å². The van der Waals surface area contributed by atoms with Crippen molar-refractivity contribution < 1.29 is 8.42 Å². The zero-order chi connectivity index (χ0) is 13.9. The van der Waals surface area contributed by atoms with Gasteiger partial charge in [-0.1, -0.05) is 19.4 Å². The van der Waals surface area contributed by atoms with Gasteiger partial charge in [-0.05, 0) is 37.0 Å². The van der Waals surface area contributed by atoms with Crippen molar-refractivity contribution in [1.29, 1.82) is 0 Å². The molecule has 0 saturated carbocycles. The summed E-state index contributed by atoms with van der Waals surface area (Å²) in [6.45, 7) is 3.47. The van der Waals surface area contributed by atoms with E-state index in [0.29, 0.717) is 17.0 Å². The number of hydrogen-bond donors (Lipinski definition) is 2. The fourth-order valence-electron chi connectivity index (χ4n) is 2.32. The van der Waals surface area contributed by atoms with Crippen LogP contribution in [0.1, 0.15) is 31.7 Å². The van der Waals surface area contributed by atoms with Gasteiger partial charge in [0.05, 0.1) is 4.90 Å². The third kappa shape index (κ3) is 3.46. The quantitative estimate of drug-likeness (QED) is 0.821. The third-order valence-corrected chi connectivity index (χ3v) is 4.82. The standard InChI is InChI=1S/C13H21N3O2S/c1-2-11-6-7-12(14)10-13(11)19(17,18)15-16-8-4-3-5-9-16/h6-7,10,15H,2-5,8-9,14H2,1H3. The Bertz CT molecular complexity index is 537. The fourth-order valence-corrected chi connectivity index (χ4v) is 3.79. The number of nitrogens with one attached hydrogen (secondary N) is 1. The molecule has 1 aliphatic rings. The van der Waals surface area contributed by atoms with Gasteiger partial charge in [-0.3, -0.25) is 0 Å². The number of nitrogens with zero attached hydrogens (tertiary/aromatic N) is 1. The highest BCUT2D eigenvalue weighted by Crippen LogP contribution is 2.20. The molecule has 1 aromatic rings. The number of piperidine rings is 1. The van der Waals surface area contributed by atoms with Crippen molar-refractivity contribution in [1.82, 2.24) is 9.84 Å². The molecule has 1 saturated heterocycles. The summed E-state index contributed by atoms with van der Waals surface area (Å²) in [7, 11) is -3.53. The Kier molecular flexibility index (Phi) is 4.44. The van der Waals surface area contributed by atoms with Gasteiger partial charge < -0.3 is 5.73 Å². The average Bonchev–Trinajstić information content (AvgIpc) is 2.39. The lowest BCUT2D eigenvalue weighted by atomic mass is 10.1. The molecule has 0 bridgehead atoms. The number of hydrazine groups is 1. The molecule has 0 radical (unpaired) electrons. The topological polar surface area (TPSA) is 75.4 Å². The first-order valence-electron chi connectivity index (χ1n) is 6.69. The first-order chi connectivity index (χ1) is 9.03. The minimum Gasteiger partial charge on any atom is -0.399 e. The van der Waals surface area contributed by atoms with E-state index in [1.54, 1.807) is 17.1 Å². The van der Waals surface area contributed by atoms with Crippen LogP contribution in [-0.2, 0) is 16.4 Å². The summed E-state index contributed by atoms with van der Waals surface area (Å²) in [5.41, 5.74) is 6.97. The first kappa shape index (κ1) is 14.3. The van der Waals surface area contributed by atoms with Crippen LogP contribution in [0.25, 0.3) is 0 Å². The second kappa shape index (κ2) is 5.90. The van der Waals surface area contributed by atoms with Crippen molar-refractivity contribution in [2.24, 2.45) is 0 Å². The van der Waals surface area contributed by atoms with Crippen LogP contribution < -0.4 is 10.6 Å². The molecule has 19 heavy (non-hydrogen) atoms. The lowest BCUT2D eigenvalue weighted by Crippen LogP contribution is -2.45. The summed E-state index contributed by atoms with van der Waals surface area (Å²) < 4.78 is 24.8. The summed E-state index contributed by atoms with van der Waals surface area (Å²) in [5, 5.41) is 1.78. The largest absolute Gasteiger partial charge is 0.399 e. The van der Waals surface area contributed by atoms with Gasteiger partial charge in [0, 0.05) is 18.8 Å². The van der Waals surface area contributed by atoms with E-state index in [0.717, 1.165) is 37.9 Å². The maximum absolute atomic E-state index is 12.4. The summed E-state index contributed by atoms with van der Waals surface area (Å²) in [4.78, 5) is 2.96. The SMILES string of the molecule is CCc1ccc(N)cc1S(=O)(=O)NN1CCCCC1. The molecular formula is C13H21N3O2S. The number of hydrogen-bond acceptors (Lipinski definition) is 4.